The van der Waals surface area contributed by atoms with Gasteiger partial charge in [0.2, 0.25) is 0 Å². The molecule has 0 unspecified atom stereocenters. The van der Waals surface area contributed by atoms with Crippen LogP contribution in [0.5, 0.6) is 11.5 Å². The molecule has 2 rings (SSSR count). The maximum Gasteiger partial charge on any atom is 0.349 e. The molecule has 0 aliphatic heterocycles. The second-order valence-electron chi connectivity index (χ2n) is 5.24. The Balaban J connectivity index is 1.87. The Labute approximate surface area is 147 Å². The smallest absolute Gasteiger partial charge is 0.349 e. The van der Waals surface area contributed by atoms with Gasteiger partial charge in [0.15, 0.2) is 0 Å². The number of carbonyl (C=O) groups excluding carboxylic acids is 1. The van der Waals surface area contributed by atoms with Crippen molar-refractivity contribution in [1.29, 1.82) is 5.26 Å². The first-order valence-corrected chi connectivity index (χ1v) is 7.75. The highest BCUT2D eigenvalue weighted by Gasteiger charge is 2.10. The first kappa shape index (κ1) is 18.1. The van der Waals surface area contributed by atoms with E-state index in [2.05, 4.69) is 0 Å². The van der Waals surface area contributed by atoms with Gasteiger partial charge in [0.25, 0.3) is 0 Å². The van der Waals surface area contributed by atoms with Crippen LogP contribution in [0.3, 0.4) is 0 Å². The lowest BCUT2D eigenvalue weighted by atomic mass is 10.1. The third-order valence-electron chi connectivity index (χ3n) is 3.34. The molecule has 0 heterocycles. The maximum atomic E-state index is 12.0. The summed E-state index contributed by atoms with van der Waals surface area (Å²) in [5.41, 5.74) is 1.73. The topological polar surface area (TPSA) is 68.5 Å². The molecule has 0 spiro atoms. The Morgan fingerprint density at radius 2 is 1.88 bits per heavy atom. The van der Waals surface area contributed by atoms with E-state index in [4.69, 9.17) is 19.5 Å². The fourth-order valence-electron chi connectivity index (χ4n) is 2.08. The zero-order chi connectivity index (χ0) is 18.1. The fraction of sp³-hybridized carbons (Fsp3) is 0.200. The van der Waals surface area contributed by atoms with Crippen molar-refractivity contribution in [3.8, 4) is 17.6 Å². The Morgan fingerprint density at radius 1 is 1.12 bits per heavy atom. The molecule has 0 bridgehead atoms. The van der Waals surface area contributed by atoms with Gasteiger partial charge in [0.1, 0.15) is 36.4 Å². The van der Waals surface area contributed by atoms with E-state index in [9.17, 15) is 4.79 Å². The number of ether oxygens (including phenoxy) is 3. The number of hydrogen-bond acceptors (Lipinski definition) is 5. The minimum absolute atomic E-state index is 0.0639. The molecule has 5 heteroatoms. The van der Waals surface area contributed by atoms with Crippen LogP contribution in [0.15, 0.2) is 54.1 Å². The summed E-state index contributed by atoms with van der Waals surface area (Å²) in [7, 11) is 1.57. The summed E-state index contributed by atoms with van der Waals surface area (Å²) in [6, 6.07) is 16.5. The summed E-state index contributed by atoms with van der Waals surface area (Å²) in [5.74, 6) is 0.739. The molecule has 2 aromatic rings. The van der Waals surface area contributed by atoms with Crippen LogP contribution in [0.4, 0.5) is 0 Å². The van der Waals surface area contributed by atoms with E-state index in [0.717, 1.165) is 5.56 Å². The molecule has 0 amide bonds. The first-order chi connectivity index (χ1) is 12.1. The summed E-state index contributed by atoms with van der Waals surface area (Å²) < 4.78 is 15.7. The van der Waals surface area contributed by atoms with Crippen LogP contribution in [-0.2, 0) is 9.53 Å². The van der Waals surface area contributed by atoms with E-state index in [1.165, 1.54) is 6.08 Å². The van der Waals surface area contributed by atoms with Crippen LogP contribution in [0.1, 0.15) is 11.1 Å². The first-order valence-electron chi connectivity index (χ1n) is 7.75. The summed E-state index contributed by atoms with van der Waals surface area (Å²) >= 11 is 0. The van der Waals surface area contributed by atoms with Gasteiger partial charge in [-0.05, 0) is 48.4 Å². The van der Waals surface area contributed by atoms with Gasteiger partial charge in [0, 0.05) is 0 Å². The van der Waals surface area contributed by atoms with Gasteiger partial charge >= 0.3 is 5.97 Å². The summed E-state index contributed by atoms with van der Waals surface area (Å²) in [5, 5.41) is 9.15. The predicted molar refractivity (Wildman–Crippen MR) is 94.2 cm³/mol. The normalized spacial score (nSPS) is 10.7. The van der Waals surface area contributed by atoms with Crippen LogP contribution in [0, 0.1) is 18.3 Å². The van der Waals surface area contributed by atoms with Gasteiger partial charge in [-0.25, -0.2) is 4.79 Å². The number of rotatable bonds is 7. The number of benzene rings is 2. The molecule has 0 saturated carbocycles. The molecule has 0 aliphatic carbocycles. The minimum atomic E-state index is -0.675. The lowest BCUT2D eigenvalue weighted by molar-refractivity contribution is -0.139. The molecule has 2 aromatic carbocycles. The predicted octanol–water partition coefficient (Wildman–Crippen LogP) is 3.53. The largest absolute Gasteiger partial charge is 0.497 e. The third kappa shape index (κ3) is 5.70. The highest BCUT2D eigenvalue weighted by Crippen LogP contribution is 2.15. The highest BCUT2D eigenvalue weighted by molar-refractivity contribution is 5.97. The van der Waals surface area contributed by atoms with Crippen LogP contribution in [-0.4, -0.2) is 26.3 Å². The highest BCUT2D eigenvalue weighted by atomic mass is 16.6. The molecule has 0 aliphatic rings. The molecule has 0 radical (unpaired) electrons. The Hall–Kier alpha value is -3.26. The van der Waals surface area contributed by atoms with Crippen molar-refractivity contribution in [3.63, 3.8) is 0 Å². The van der Waals surface area contributed by atoms with Gasteiger partial charge in [0.05, 0.1) is 7.11 Å². The molecule has 0 atom stereocenters. The number of carbonyl (C=O) groups is 1. The van der Waals surface area contributed by atoms with E-state index >= 15 is 0 Å². The molecule has 0 aromatic heterocycles. The fourth-order valence-corrected chi connectivity index (χ4v) is 2.08. The number of hydrogen-bond donors (Lipinski definition) is 0. The van der Waals surface area contributed by atoms with Crippen LogP contribution < -0.4 is 9.47 Å². The maximum absolute atomic E-state index is 12.0. The summed E-state index contributed by atoms with van der Waals surface area (Å²) in [6.45, 7) is 2.25. The molecular weight excluding hydrogens is 318 g/mol. The third-order valence-corrected chi connectivity index (χ3v) is 3.34. The van der Waals surface area contributed by atoms with Gasteiger partial charge in [-0.15, -0.1) is 0 Å². The molecular formula is C20H19NO4. The van der Waals surface area contributed by atoms with Crippen LogP contribution in [0.2, 0.25) is 0 Å². The quantitative estimate of drug-likeness (QED) is 0.335. The van der Waals surface area contributed by atoms with E-state index in [-0.39, 0.29) is 18.8 Å². The zero-order valence-corrected chi connectivity index (χ0v) is 14.2. The standard InChI is InChI=1S/C20H19NO4/c1-15-4-3-5-19(12-15)24-10-11-25-20(22)17(14-21)13-16-6-8-18(23-2)9-7-16/h3-9,12-13H,10-11H2,1-2H3/b17-13+. The minimum Gasteiger partial charge on any atom is -0.497 e. The number of aryl methyl sites for hydroxylation is 1. The number of esters is 1. The average molecular weight is 337 g/mol. The van der Waals surface area contributed by atoms with Gasteiger partial charge in [-0.2, -0.15) is 5.26 Å². The number of nitrogens with zero attached hydrogens (tertiary/aromatic N) is 1. The Morgan fingerprint density at radius 3 is 2.52 bits per heavy atom. The van der Waals surface area contributed by atoms with Crippen molar-refractivity contribution in [2.24, 2.45) is 0 Å². The van der Waals surface area contributed by atoms with Crippen molar-refractivity contribution in [1.82, 2.24) is 0 Å². The van der Waals surface area contributed by atoms with Crippen LogP contribution >= 0.6 is 0 Å². The van der Waals surface area contributed by atoms with E-state index in [1.54, 1.807) is 31.4 Å². The van der Waals surface area contributed by atoms with Crippen molar-refractivity contribution in [3.05, 3.63) is 65.2 Å². The lowest BCUT2D eigenvalue weighted by Crippen LogP contribution is -2.13. The number of nitriles is 1. The van der Waals surface area contributed by atoms with Gasteiger partial charge in [-0.1, -0.05) is 24.3 Å². The van der Waals surface area contributed by atoms with E-state index in [0.29, 0.717) is 17.1 Å². The van der Waals surface area contributed by atoms with Crippen molar-refractivity contribution < 1.29 is 19.0 Å². The second-order valence-corrected chi connectivity index (χ2v) is 5.24. The SMILES string of the molecule is COc1ccc(/C=C(\C#N)C(=O)OCCOc2cccc(C)c2)cc1. The Kier molecular flexibility index (Phi) is 6.61. The molecule has 0 saturated heterocycles. The van der Waals surface area contributed by atoms with Crippen LogP contribution in [0.25, 0.3) is 6.08 Å². The average Bonchev–Trinajstić information content (AvgIpc) is 2.63. The molecule has 5 nitrogen and oxygen atoms in total. The summed E-state index contributed by atoms with van der Waals surface area (Å²) in [4.78, 5) is 12.0. The van der Waals surface area contributed by atoms with Gasteiger partial charge in [-0.3, -0.25) is 0 Å². The number of methoxy groups -OCH3 is 1. The van der Waals surface area contributed by atoms with E-state index < -0.39 is 5.97 Å². The van der Waals surface area contributed by atoms with Crippen molar-refractivity contribution >= 4 is 12.0 Å². The van der Waals surface area contributed by atoms with Crippen molar-refractivity contribution in [2.45, 2.75) is 6.92 Å². The zero-order valence-electron chi connectivity index (χ0n) is 14.2. The Bertz CT molecular complexity index is 788. The monoisotopic (exact) mass is 337 g/mol. The molecule has 25 heavy (non-hydrogen) atoms. The van der Waals surface area contributed by atoms with E-state index in [1.807, 2.05) is 37.3 Å². The second kappa shape index (κ2) is 9.14. The molecule has 0 N–H and O–H groups in total. The molecule has 0 fully saturated rings. The van der Waals surface area contributed by atoms with Crippen molar-refractivity contribution in [2.75, 3.05) is 20.3 Å². The summed E-state index contributed by atoms with van der Waals surface area (Å²) in [6.07, 6.45) is 1.48. The molecule has 128 valence electrons. The van der Waals surface area contributed by atoms with Gasteiger partial charge < -0.3 is 14.2 Å². The lowest BCUT2D eigenvalue weighted by Gasteiger charge is -2.07.